The molecule has 5 nitrogen and oxygen atoms in total. The van der Waals surface area contributed by atoms with Gasteiger partial charge in [0.1, 0.15) is 0 Å². The van der Waals surface area contributed by atoms with Crippen LogP contribution in [0, 0.1) is 0 Å². The molecular weight excluding hydrogens is 420 g/mol. The normalized spacial score (nSPS) is 16.2. The summed E-state index contributed by atoms with van der Waals surface area (Å²) in [6.45, 7) is 3.77. The number of carbonyl (C=O) groups is 1. The quantitative estimate of drug-likeness (QED) is 0.586. The number of ether oxygens (including phenoxy) is 1. The molecule has 0 N–H and O–H groups in total. The number of fused-ring (bicyclic) bond motifs is 1. The topological polar surface area (TPSA) is 60.7 Å². The fourth-order valence-corrected chi connectivity index (χ4v) is 4.70. The first-order valence-electron chi connectivity index (χ1n) is 9.50. The second-order valence-electron chi connectivity index (χ2n) is 6.73. The lowest BCUT2D eigenvalue weighted by Gasteiger charge is -2.24. The van der Waals surface area contributed by atoms with Crippen molar-refractivity contribution in [2.24, 2.45) is 4.99 Å². The number of carbonyl (C=O) groups excluding carboxylic acids is 1. The Morgan fingerprint density at radius 2 is 1.90 bits per heavy atom. The summed E-state index contributed by atoms with van der Waals surface area (Å²) >= 11 is 7.55. The third-order valence-corrected chi connectivity index (χ3v) is 6.15. The van der Waals surface area contributed by atoms with Crippen LogP contribution < -0.4 is 14.9 Å². The van der Waals surface area contributed by atoms with Crippen molar-refractivity contribution >= 4 is 35.0 Å². The van der Waals surface area contributed by atoms with Crippen LogP contribution in [0.2, 0.25) is 5.02 Å². The van der Waals surface area contributed by atoms with Crippen molar-refractivity contribution in [2.45, 2.75) is 19.9 Å². The zero-order valence-corrected chi connectivity index (χ0v) is 18.0. The van der Waals surface area contributed by atoms with Gasteiger partial charge < -0.3 is 4.74 Å². The van der Waals surface area contributed by atoms with Crippen LogP contribution in [0.15, 0.2) is 75.7 Å². The van der Waals surface area contributed by atoms with Crippen LogP contribution in [0.1, 0.15) is 31.0 Å². The second kappa shape index (κ2) is 8.42. The van der Waals surface area contributed by atoms with Crippen LogP contribution in [0.4, 0.5) is 0 Å². The molecule has 152 valence electrons. The molecule has 0 spiro atoms. The number of benzene rings is 2. The lowest BCUT2D eigenvalue weighted by atomic mass is 9.96. The SMILES string of the molecule is CCOC(=O)C1=C(C)N=c2s/c(=C/c3ccccc3Cl)c(=O)n2C1c1ccccc1. The molecule has 0 saturated carbocycles. The molecule has 3 aromatic rings. The summed E-state index contributed by atoms with van der Waals surface area (Å²) < 4.78 is 7.35. The summed E-state index contributed by atoms with van der Waals surface area (Å²) in [5.74, 6) is -0.465. The number of thiazole rings is 1. The molecule has 0 saturated heterocycles. The summed E-state index contributed by atoms with van der Waals surface area (Å²) in [6.07, 6.45) is 1.76. The molecule has 0 aliphatic carbocycles. The molecule has 30 heavy (non-hydrogen) atoms. The molecule has 1 aliphatic heterocycles. The molecule has 0 fully saturated rings. The van der Waals surface area contributed by atoms with Crippen molar-refractivity contribution in [3.63, 3.8) is 0 Å². The Kier molecular flexibility index (Phi) is 5.70. The summed E-state index contributed by atoms with van der Waals surface area (Å²) in [5, 5.41) is 0.561. The van der Waals surface area contributed by atoms with Crippen molar-refractivity contribution in [3.05, 3.63) is 102 Å². The number of halogens is 1. The van der Waals surface area contributed by atoms with Gasteiger partial charge >= 0.3 is 5.97 Å². The molecule has 1 atom stereocenters. The monoisotopic (exact) mass is 438 g/mol. The molecule has 1 aliphatic rings. The van der Waals surface area contributed by atoms with E-state index in [1.807, 2.05) is 48.5 Å². The van der Waals surface area contributed by atoms with E-state index < -0.39 is 12.0 Å². The zero-order chi connectivity index (χ0) is 21.3. The third-order valence-electron chi connectivity index (χ3n) is 4.82. The zero-order valence-electron chi connectivity index (χ0n) is 16.5. The summed E-state index contributed by atoms with van der Waals surface area (Å²) in [5.41, 5.74) is 2.27. The van der Waals surface area contributed by atoms with Crippen LogP contribution in [0.5, 0.6) is 0 Å². The maximum Gasteiger partial charge on any atom is 0.338 e. The lowest BCUT2D eigenvalue weighted by molar-refractivity contribution is -0.139. The number of hydrogen-bond donors (Lipinski definition) is 0. The Bertz CT molecular complexity index is 1320. The minimum atomic E-state index is -0.602. The van der Waals surface area contributed by atoms with Gasteiger partial charge in [0.05, 0.1) is 28.5 Å². The summed E-state index contributed by atoms with van der Waals surface area (Å²) in [7, 11) is 0. The van der Waals surface area contributed by atoms with Gasteiger partial charge in [-0.3, -0.25) is 9.36 Å². The van der Waals surface area contributed by atoms with E-state index in [1.54, 1.807) is 30.6 Å². The number of hydrogen-bond acceptors (Lipinski definition) is 5. The first kappa shape index (κ1) is 20.3. The molecule has 0 bridgehead atoms. The van der Waals surface area contributed by atoms with Gasteiger partial charge in [-0.25, -0.2) is 9.79 Å². The number of esters is 1. The average Bonchev–Trinajstić information content (AvgIpc) is 3.04. The minimum absolute atomic E-state index is 0.221. The van der Waals surface area contributed by atoms with Gasteiger partial charge in [0.15, 0.2) is 4.80 Å². The molecule has 1 aromatic heterocycles. The number of aromatic nitrogens is 1. The van der Waals surface area contributed by atoms with E-state index in [0.717, 1.165) is 11.1 Å². The van der Waals surface area contributed by atoms with Crippen molar-refractivity contribution in [1.29, 1.82) is 0 Å². The summed E-state index contributed by atoms with van der Waals surface area (Å²) in [6, 6.07) is 16.2. The van der Waals surface area contributed by atoms with E-state index in [4.69, 9.17) is 16.3 Å². The largest absolute Gasteiger partial charge is 0.463 e. The van der Waals surface area contributed by atoms with Gasteiger partial charge in [0, 0.05) is 5.02 Å². The van der Waals surface area contributed by atoms with Crippen molar-refractivity contribution < 1.29 is 9.53 Å². The highest BCUT2D eigenvalue weighted by Crippen LogP contribution is 2.30. The highest BCUT2D eigenvalue weighted by atomic mass is 35.5. The lowest BCUT2D eigenvalue weighted by Crippen LogP contribution is -2.39. The van der Waals surface area contributed by atoms with Crippen LogP contribution >= 0.6 is 22.9 Å². The van der Waals surface area contributed by atoms with Gasteiger partial charge in [-0.2, -0.15) is 0 Å². The highest BCUT2D eigenvalue weighted by molar-refractivity contribution is 7.07. The van der Waals surface area contributed by atoms with Crippen LogP contribution in [0.3, 0.4) is 0 Å². The van der Waals surface area contributed by atoms with Gasteiger partial charge in [-0.15, -0.1) is 0 Å². The van der Waals surface area contributed by atoms with Gasteiger partial charge in [0.25, 0.3) is 5.56 Å². The predicted octanol–water partition coefficient (Wildman–Crippen LogP) is 3.45. The van der Waals surface area contributed by atoms with Crippen molar-refractivity contribution in [3.8, 4) is 0 Å². The standard InChI is InChI=1S/C23H19ClN2O3S/c1-3-29-22(28)19-14(2)25-23-26(20(19)15-9-5-4-6-10-15)21(27)18(30-23)13-16-11-7-8-12-17(16)24/h4-13,20H,3H2,1-2H3/b18-13+. The van der Waals surface area contributed by atoms with E-state index in [9.17, 15) is 9.59 Å². The average molecular weight is 439 g/mol. The van der Waals surface area contributed by atoms with Crippen LogP contribution in [-0.2, 0) is 9.53 Å². The van der Waals surface area contributed by atoms with Crippen molar-refractivity contribution in [2.75, 3.05) is 6.61 Å². The number of allylic oxidation sites excluding steroid dienone is 1. The maximum absolute atomic E-state index is 13.4. The minimum Gasteiger partial charge on any atom is -0.463 e. The maximum atomic E-state index is 13.4. The Hall–Kier alpha value is -2.96. The Balaban J connectivity index is 1.97. The second-order valence-corrected chi connectivity index (χ2v) is 8.15. The molecule has 4 rings (SSSR count). The van der Waals surface area contributed by atoms with E-state index >= 15 is 0 Å². The van der Waals surface area contributed by atoms with Gasteiger partial charge in [-0.05, 0) is 37.1 Å². The van der Waals surface area contributed by atoms with Crippen LogP contribution in [0.25, 0.3) is 6.08 Å². The van der Waals surface area contributed by atoms with E-state index in [1.165, 1.54) is 11.3 Å². The first-order valence-corrected chi connectivity index (χ1v) is 10.7. The fraction of sp³-hybridized carbons (Fsp3) is 0.174. The molecule has 2 heterocycles. The fourth-order valence-electron chi connectivity index (χ4n) is 3.48. The van der Waals surface area contributed by atoms with Crippen molar-refractivity contribution in [1.82, 2.24) is 4.57 Å². The Morgan fingerprint density at radius 1 is 1.20 bits per heavy atom. The summed E-state index contributed by atoms with van der Waals surface area (Å²) in [4.78, 5) is 31.3. The smallest absolute Gasteiger partial charge is 0.338 e. The van der Waals surface area contributed by atoms with Gasteiger partial charge in [-0.1, -0.05) is 71.5 Å². The molecule has 1 unspecified atom stereocenters. The van der Waals surface area contributed by atoms with Gasteiger partial charge in [0.2, 0.25) is 0 Å². The predicted molar refractivity (Wildman–Crippen MR) is 118 cm³/mol. The van der Waals surface area contributed by atoms with E-state index in [2.05, 4.69) is 4.99 Å². The van der Waals surface area contributed by atoms with Crippen LogP contribution in [-0.4, -0.2) is 17.1 Å². The number of rotatable bonds is 4. The Labute approximate surface area is 182 Å². The molecule has 0 amide bonds. The molecule has 7 heteroatoms. The highest BCUT2D eigenvalue weighted by Gasteiger charge is 2.33. The third kappa shape index (κ3) is 3.64. The molecule has 2 aromatic carbocycles. The molecular formula is C23H19ClN2O3S. The molecule has 0 radical (unpaired) electrons. The Morgan fingerprint density at radius 3 is 2.60 bits per heavy atom. The van der Waals surface area contributed by atoms with E-state index in [-0.39, 0.29) is 12.2 Å². The number of nitrogens with zero attached hydrogens (tertiary/aromatic N) is 2. The first-order chi connectivity index (χ1) is 14.5. The van der Waals surface area contributed by atoms with E-state index in [0.29, 0.717) is 25.6 Å².